The summed E-state index contributed by atoms with van der Waals surface area (Å²) >= 11 is 5.96. The average molecular weight is 431 g/mol. The first-order chi connectivity index (χ1) is 14.6. The Bertz CT molecular complexity index is 873. The molecule has 2 atom stereocenters. The van der Waals surface area contributed by atoms with Crippen LogP contribution in [0, 0.1) is 0 Å². The third kappa shape index (κ3) is 6.11. The monoisotopic (exact) mass is 430 g/mol. The number of carbonyl (C=O) groups excluding carboxylic acids is 1. The molecule has 0 aliphatic carbocycles. The first-order valence-corrected chi connectivity index (χ1v) is 10.5. The summed E-state index contributed by atoms with van der Waals surface area (Å²) in [4.78, 5) is 11.9. The molecule has 0 spiro atoms. The molecule has 2 unspecified atom stereocenters. The average Bonchev–Trinajstić information content (AvgIpc) is 2.74. The third-order valence-electron chi connectivity index (χ3n) is 4.86. The lowest BCUT2D eigenvalue weighted by Crippen LogP contribution is -2.55. The second-order valence-corrected chi connectivity index (χ2v) is 7.63. The Labute approximate surface area is 181 Å². The zero-order chi connectivity index (χ0) is 21.3. The fourth-order valence-corrected chi connectivity index (χ4v) is 3.39. The zero-order valence-electron chi connectivity index (χ0n) is 16.9. The minimum absolute atomic E-state index is 0.0792. The minimum atomic E-state index is -0.271. The number of aromatic hydroxyl groups is 1. The van der Waals surface area contributed by atoms with E-state index in [0.29, 0.717) is 17.2 Å². The normalized spacial score (nSPS) is 18.9. The van der Waals surface area contributed by atoms with Crippen molar-refractivity contribution in [1.29, 1.82) is 0 Å². The Balaban J connectivity index is 1.64. The number of nitrogens with one attached hydrogen (secondary N) is 3. The highest BCUT2D eigenvalue weighted by atomic mass is 35.5. The number of rotatable bonds is 9. The van der Waals surface area contributed by atoms with Crippen LogP contribution in [0.3, 0.4) is 0 Å². The lowest BCUT2D eigenvalue weighted by molar-refractivity contribution is -0.125. The number of amides is 1. The van der Waals surface area contributed by atoms with Crippen molar-refractivity contribution in [1.82, 2.24) is 16.3 Å². The van der Waals surface area contributed by atoms with Gasteiger partial charge in [-0.05, 0) is 42.3 Å². The second kappa shape index (κ2) is 10.8. The van der Waals surface area contributed by atoms with Gasteiger partial charge < -0.3 is 15.3 Å². The molecule has 1 aliphatic heterocycles. The van der Waals surface area contributed by atoms with Crippen LogP contribution in [0.25, 0.3) is 0 Å². The molecule has 2 aromatic carbocycles. The number of ether oxygens (including phenoxy) is 1. The fourth-order valence-electron chi connectivity index (χ4n) is 3.21. The molecular formula is C22H27ClN4O3. The molecule has 0 aromatic heterocycles. The van der Waals surface area contributed by atoms with E-state index in [9.17, 15) is 9.90 Å². The number of unbranched alkanes of at least 4 members (excludes halogenated alkanes) is 2. The summed E-state index contributed by atoms with van der Waals surface area (Å²) in [7, 11) is 0. The van der Waals surface area contributed by atoms with E-state index in [0.717, 1.165) is 30.6 Å². The maximum atomic E-state index is 11.9. The topological polar surface area (TPSA) is 95.0 Å². The smallest absolute Gasteiger partial charge is 0.236 e. The van der Waals surface area contributed by atoms with Crippen molar-refractivity contribution >= 4 is 23.7 Å². The van der Waals surface area contributed by atoms with Gasteiger partial charge in [0.25, 0.3) is 0 Å². The summed E-state index contributed by atoms with van der Waals surface area (Å²) in [6, 6.07) is 12.1. The summed E-state index contributed by atoms with van der Waals surface area (Å²) in [5.74, 6) is 0.782. The largest absolute Gasteiger partial charge is 0.507 e. The van der Waals surface area contributed by atoms with Crippen LogP contribution in [0.2, 0.25) is 5.02 Å². The molecule has 1 heterocycles. The first-order valence-electron chi connectivity index (χ1n) is 10.1. The van der Waals surface area contributed by atoms with Crippen LogP contribution in [-0.4, -0.2) is 29.9 Å². The quantitative estimate of drug-likeness (QED) is 0.276. The van der Waals surface area contributed by atoms with E-state index in [1.807, 2.05) is 24.3 Å². The molecular weight excluding hydrogens is 404 g/mol. The number of hydrazone groups is 1. The van der Waals surface area contributed by atoms with Crippen LogP contribution >= 0.6 is 11.6 Å². The van der Waals surface area contributed by atoms with Crippen LogP contribution in [0.5, 0.6) is 11.5 Å². The highest BCUT2D eigenvalue weighted by Crippen LogP contribution is 2.24. The van der Waals surface area contributed by atoms with Gasteiger partial charge in [-0.15, -0.1) is 0 Å². The van der Waals surface area contributed by atoms with Gasteiger partial charge in [-0.3, -0.25) is 10.2 Å². The van der Waals surface area contributed by atoms with Crippen LogP contribution in [0.15, 0.2) is 47.6 Å². The van der Waals surface area contributed by atoms with Gasteiger partial charge in [0.2, 0.25) is 5.91 Å². The van der Waals surface area contributed by atoms with E-state index < -0.39 is 0 Å². The Kier molecular flexibility index (Phi) is 7.93. The molecule has 0 saturated carbocycles. The van der Waals surface area contributed by atoms with Gasteiger partial charge >= 0.3 is 0 Å². The van der Waals surface area contributed by atoms with Gasteiger partial charge in [-0.2, -0.15) is 5.10 Å². The number of phenols is 1. The van der Waals surface area contributed by atoms with Crippen LogP contribution in [0.4, 0.5) is 0 Å². The zero-order valence-corrected chi connectivity index (χ0v) is 17.7. The van der Waals surface area contributed by atoms with Crippen molar-refractivity contribution in [2.75, 3.05) is 6.61 Å². The number of carbonyl (C=O) groups is 1. The van der Waals surface area contributed by atoms with Gasteiger partial charge in [0.15, 0.2) is 0 Å². The Morgan fingerprint density at radius 1 is 1.27 bits per heavy atom. The van der Waals surface area contributed by atoms with E-state index >= 15 is 0 Å². The van der Waals surface area contributed by atoms with Gasteiger partial charge in [-0.25, -0.2) is 5.43 Å². The van der Waals surface area contributed by atoms with Crippen LogP contribution in [0.1, 0.15) is 49.8 Å². The molecule has 3 rings (SSSR count). The number of hydrogen-bond acceptors (Lipinski definition) is 6. The van der Waals surface area contributed by atoms with Gasteiger partial charge in [0.05, 0.1) is 31.3 Å². The molecule has 30 heavy (non-hydrogen) atoms. The minimum Gasteiger partial charge on any atom is -0.507 e. The standard InChI is InChI=1S/C22H27ClN4O3/c1-2-3-4-11-30-18-8-5-15(6-9-18)22-19(13-21(29)26-27-22)25-24-14-16-12-17(23)7-10-20(16)28/h5-10,12,14,19,22,25,27-28H,2-4,11,13H2,1H3,(H,26,29)/b24-14+. The molecule has 1 saturated heterocycles. The summed E-state index contributed by atoms with van der Waals surface area (Å²) in [6.07, 6.45) is 5.10. The molecule has 8 heteroatoms. The molecule has 2 aromatic rings. The van der Waals surface area contributed by atoms with Crippen molar-refractivity contribution in [2.24, 2.45) is 5.10 Å². The van der Waals surface area contributed by atoms with Crippen LogP contribution in [-0.2, 0) is 4.79 Å². The summed E-state index contributed by atoms with van der Waals surface area (Å²) in [6.45, 7) is 2.87. The van der Waals surface area contributed by atoms with E-state index in [1.165, 1.54) is 12.3 Å². The summed E-state index contributed by atoms with van der Waals surface area (Å²) in [5, 5.41) is 14.6. The fraction of sp³-hybridized carbons (Fsp3) is 0.364. The van der Waals surface area contributed by atoms with E-state index in [-0.39, 0.29) is 30.2 Å². The van der Waals surface area contributed by atoms with Crippen molar-refractivity contribution in [2.45, 2.75) is 44.7 Å². The number of hydrazine groups is 1. The SMILES string of the molecule is CCCCCOc1ccc(C2NNC(=O)CC2N/N=C/c2cc(Cl)ccc2O)cc1. The molecule has 7 nitrogen and oxygen atoms in total. The van der Waals surface area contributed by atoms with Gasteiger partial charge in [0.1, 0.15) is 11.5 Å². The summed E-state index contributed by atoms with van der Waals surface area (Å²) in [5.41, 5.74) is 10.2. The molecule has 4 N–H and O–H groups in total. The molecule has 1 aliphatic rings. The number of nitrogens with zero attached hydrogens (tertiary/aromatic N) is 1. The maximum Gasteiger partial charge on any atom is 0.236 e. The second-order valence-electron chi connectivity index (χ2n) is 7.20. The first kappa shape index (κ1) is 21.9. The highest BCUT2D eigenvalue weighted by Gasteiger charge is 2.30. The van der Waals surface area contributed by atoms with Gasteiger partial charge in [-0.1, -0.05) is 43.5 Å². The predicted molar refractivity (Wildman–Crippen MR) is 118 cm³/mol. The van der Waals surface area contributed by atoms with E-state index in [4.69, 9.17) is 16.3 Å². The van der Waals surface area contributed by atoms with Crippen LogP contribution < -0.4 is 21.0 Å². The predicted octanol–water partition coefficient (Wildman–Crippen LogP) is 3.67. The molecule has 0 bridgehead atoms. The van der Waals surface area contributed by atoms with Crippen molar-refractivity contribution in [3.05, 3.63) is 58.6 Å². The number of phenolic OH excluding ortho intramolecular Hbond substituents is 1. The number of benzene rings is 2. The van der Waals surface area contributed by atoms with Crippen molar-refractivity contribution < 1.29 is 14.6 Å². The lowest BCUT2D eigenvalue weighted by atomic mass is 9.96. The Morgan fingerprint density at radius 3 is 2.83 bits per heavy atom. The maximum absolute atomic E-state index is 11.9. The Morgan fingerprint density at radius 2 is 2.07 bits per heavy atom. The number of hydrogen-bond donors (Lipinski definition) is 4. The van der Waals surface area contributed by atoms with Crippen molar-refractivity contribution in [3.8, 4) is 11.5 Å². The molecule has 160 valence electrons. The highest BCUT2D eigenvalue weighted by molar-refractivity contribution is 6.30. The lowest BCUT2D eigenvalue weighted by Gasteiger charge is -2.32. The third-order valence-corrected chi connectivity index (χ3v) is 5.10. The van der Waals surface area contributed by atoms with Crippen molar-refractivity contribution in [3.63, 3.8) is 0 Å². The Hall–Kier alpha value is -2.77. The van der Waals surface area contributed by atoms with Gasteiger partial charge in [0, 0.05) is 10.6 Å². The molecule has 0 radical (unpaired) electrons. The van der Waals surface area contributed by atoms with E-state index in [2.05, 4.69) is 28.3 Å². The molecule has 1 amide bonds. The molecule has 1 fully saturated rings. The summed E-state index contributed by atoms with van der Waals surface area (Å²) < 4.78 is 5.77. The van der Waals surface area contributed by atoms with E-state index in [1.54, 1.807) is 12.1 Å². The number of halogens is 1.